The predicted octanol–water partition coefficient (Wildman–Crippen LogP) is 13.8. The summed E-state index contributed by atoms with van der Waals surface area (Å²) in [5.74, 6) is 0. The Labute approximate surface area is 309 Å². The summed E-state index contributed by atoms with van der Waals surface area (Å²) in [5, 5.41) is 9.14. The van der Waals surface area contributed by atoms with Gasteiger partial charge in [-0.1, -0.05) is 140 Å². The summed E-state index contributed by atoms with van der Waals surface area (Å²) in [6.45, 7) is 6.41. The molecule has 0 aromatic carbocycles. The second-order valence-corrected chi connectivity index (χ2v) is 14.5. The SMILES string of the molecule is CCCCCC=CCC=CCCCCCCCCC(COCCCCCCCCC=CC[C@@H](CCCCCC)OC1CCCCO1)OC(=O)O. The fourth-order valence-electron chi connectivity index (χ4n) is 6.51. The number of hydrogen-bond acceptors (Lipinski definition) is 5. The van der Waals surface area contributed by atoms with E-state index in [4.69, 9.17) is 24.1 Å². The van der Waals surface area contributed by atoms with Crippen LogP contribution in [0.2, 0.25) is 0 Å². The van der Waals surface area contributed by atoms with Crippen molar-refractivity contribution in [3.8, 4) is 0 Å². The van der Waals surface area contributed by atoms with Crippen molar-refractivity contribution >= 4 is 6.16 Å². The van der Waals surface area contributed by atoms with Crippen LogP contribution in [-0.4, -0.2) is 49.6 Å². The highest BCUT2D eigenvalue weighted by molar-refractivity contribution is 5.57. The molecule has 2 unspecified atom stereocenters. The molecule has 6 heteroatoms. The molecule has 0 aliphatic carbocycles. The first-order valence-electron chi connectivity index (χ1n) is 21.3. The molecule has 0 saturated carbocycles. The van der Waals surface area contributed by atoms with E-state index in [9.17, 15) is 4.79 Å². The Morgan fingerprint density at radius 1 is 0.660 bits per heavy atom. The van der Waals surface area contributed by atoms with Crippen LogP contribution < -0.4 is 0 Å². The van der Waals surface area contributed by atoms with Crippen LogP contribution in [0.25, 0.3) is 0 Å². The van der Waals surface area contributed by atoms with Gasteiger partial charge in [0.05, 0.1) is 12.7 Å². The number of hydrogen-bond donors (Lipinski definition) is 1. The number of carbonyl (C=O) groups is 1. The van der Waals surface area contributed by atoms with Crippen LogP contribution in [0, 0.1) is 0 Å². The maximum Gasteiger partial charge on any atom is 0.506 e. The second kappa shape index (κ2) is 37.1. The van der Waals surface area contributed by atoms with Crippen molar-refractivity contribution in [1.82, 2.24) is 0 Å². The van der Waals surface area contributed by atoms with Gasteiger partial charge in [-0.05, 0) is 96.3 Å². The maximum atomic E-state index is 11.2. The van der Waals surface area contributed by atoms with Gasteiger partial charge in [-0.25, -0.2) is 4.79 Å². The normalized spacial score (nSPS) is 16.6. The minimum absolute atomic E-state index is 0.00369. The molecule has 0 bridgehead atoms. The topological polar surface area (TPSA) is 74.2 Å². The summed E-state index contributed by atoms with van der Waals surface area (Å²) in [7, 11) is 0. The van der Waals surface area contributed by atoms with E-state index in [-0.39, 0.29) is 18.5 Å². The van der Waals surface area contributed by atoms with Crippen molar-refractivity contribution in [3.05, 3.63) is 36.5 Å². The molecular weight excluding hydrogens is 624 g/mol. The molecule has 1 fully saturated rings. The Kier molecular flexibility index (Phi) is 34.5. The highest BCUT2D eigenvalue weighted by Crippen LogP contribution is 2.21. The van der Waals surface area contributed by atoms with E-state index in [1.807, 2.05) is 0 Å². The number of rotatable bonds is 36. The third-order valence-electron chi connectivity index (χ3n) is 9.63. The molecule has 6 nitrogen and oxygen atoms in total. The Morgan fingerprint density at radius 3 is 1.82 bits per heavy atom. The molecule has 0 aromatic rings. The first-order valence-corrected chi connectivity index (χ1v) is 21.3. The summed E-state index contributed by atoms with van der Waals surface area (Å²) >= 11 is 0. The van der Waals surface area contributed by atoms with E-state index in [0.717, 1.165) is 77.2 Å². The van der Waals surface area contributed by atoms with Crippen LogP contribution >= 0.6 is 0 Å². The molecule has 1 saturated heterocycles. The average molecular weight is 705 g/mol. The third-order valence-corrected chi connectivity index (χ3v) is 9.63. The molecular formula is C44H80O6. The number of allylic oxidation sites excluding steroid dienone is 5. The predicted molar refractivity (Wildman–Crippen MR) is 211 cm³/mol. The average Bonchev–Trinajstić information content (AvgIpc) is 3.11. The van der Waals surface area contributed by atoms with E-state index in [1.54, 1.807) is 0 Å². The van der Waals surface area contributed by atoms with Gasteiger partial charge in [0.15, 0.2) is 6.29 Å². The van der Waals surface area contributed by atoms with E-state index >= 15 is 0 Å². The van der Waals surface area contributed by atoms with Gasteiger partial charge >= 0.3 is 6.16 Å². The summed E-state index contributed by atoms with van der Waals surface area (Å²) in [6, 6.07) is 0. The molecule has 1 aliphatic rings. The molecule has 292 valence electrons. The summed E-state index contributed by atoms with van der Waals surface area (Å²) in [5.41, 5.74) is 0. The summed E-state index contributed by atoms with van der Waals surface area (Å²) in [4.78, 5) is 11.2. The van der Waals surface area contributed by atoms with Crippen molar-refractivity contribution in [3.63, 3.8) is 0 Å². The fraction of sp³-hybridized carbons (Fsp3) is 0.841. The lowest BCUT2D eigenvalue weighted by Gasteiger charge is -2.27. The molecule has 50 heavy (non-hydrogen) atoms. The van der Waals surface area contributed by atoms with Gasteiger partial charge in [-0.2, -0.15) is 0 Å². The highest BCUT2D eigenvalue weighted by atomic mass is 16.7. The Bertz CT molecular complexity index is 802. The largest absolute Gasteiger partial charge is 0.506 e. The molecule has 1 aliphatic heterocycles. The number of unbranched alkanes of at least 4 members (excludes halogenated alkanes) is 18. The summed E-state index contributed by atoms with van der Waals surface area (Å²) < 4.78 is 23.1. The zero-order valence-corrected chi connectivity index (χ0v) is 32.8. The molecule has 0 amide bonds. The van der Waals surface area contributed by atoms with Crippen LogP contribution in [0.15, 0.2) is 36.5 Å². The monoisotopic (exact) mass is 705 g/mol. The van der Waals surface area contributed by atoms with E-state index < -0.39 is 6.16 Å². The molecule has 0 spiro atoms. The number of ether oxygens (including phenoxy) is 4. The van der Waals surface area contributed by atoms with Gasteiger partial charge in [0.1, 0.15) is 6.10 Å². The van der Waals surface area contributed by atoms with Crippen LogP contribution in [0.1, 0.15) is 200 Å². The Hall–Kier alpha value is -1.63. The lowest BCUT2D eigenvalue weighted by Crippen LogP contribution is -2.27. The van der Waals surface area contributed by atoms with Crippen molar-refractivity contribution in [2.45, 2.75) is 219 Å². The highest BCUT2D eigenvalue weighted by Gasteiger charge is 2.19. The van der Waals surface area contributed by atoms with E-state index in [2.05, 4.69) is 50.3 Å². The zero-order chi connectivity index (χ0) is 36.0. The zero-order valence-electron chi connectivity index (χ0n) is 32.8. The molecule has 0 radical (unpaired) electrons. The van der Waals surface area contributed by atoms with Crippen molar-refractivity contribution in [2.75, 3.05) is 19.8 Å². The molecule has 3 atom stereocenters. The lowest BCUT2D eigenvalue weighted by atomic mass is 10.1. The number of carboxylic acid groups (broad SMARTS) is 1. The maximum absolute atomic E-state index is 11.2. The van der Waals surface area contributed by atoms with Crippen LogP contribution in [0.5, 0.6) is 0 Å². The molecule has 1 N–H and O–H groups in total. The van der Waals surface area contributed by atoms with Gasteiger partial charge in [-0.3, -0.25) is 0 Å². The molecule has 0 aromatic heterocycles. The minimum atomic E-state index is -1.20. The van der Waals surface area contributed by atoms with E-state index in [0.29, 0.717) is 13.2 Å². The van der Waals surface area contributed by atoms with Gasteiger partial charge < -0.3 is 24.1 Å². The Morgan fingerprint density at radius 2 is 1.20 bits per heavy atom. The molecule has 1 heterocycles. The standard InChI is InChI=1S/C44H80O6/c1-3-5-7-9-10-11-12-13-14-15-16-17-19-23-26-30-36-42(50-44(45)46)40-47-38-32-27-24-21-18-20-22-25-29-35-41(34-28-8-6-4-2)49-43-37-31-33-39-48-43/h10-11,13-14,25,29,41-43H,3-9,12,15-24,26-28,30-40H2,1-2H3,(H,45,46)/t41-,42?,43?/m1/s1. The smallest absolute Gasteiger partial charge is 0.450 e. The quantitative estimate of drug-likeness (QED) is 0.0397. The van der Waals surface area contributed by atoms with Crippen molar-refractivity contribution in [1.29, 1.82) is 0 Å². The van der Waals surface area contributed by atoms with Gasteiger partial charge in [-0.15, -0.1) is 0 Å². The van der Waals surface area contributed by atoms with Crippen LogP contribution in [0.3, 0.4) is 0 Å². The summed E-state index contributed by atoms with van der Waals surface area (Å²) in [6.07, 6.45) is 46.8. The van der Waals surface area contributed by atoms with E-state index in [1.165, 1.54) is 116 Å². The van der Waals surface area contributed by atoms with Crippen LogP contribution in [0.4, 0.5) is 4.79 Å². The second-order valence-electron chi connectivity index (χ2n) is 14.5. The van der Waals surface area contributed by atoms with Crippen molar-refractivity contribution < 1.29 is 28.8 Å². The first-order chi connectivity index (χ1) is 24.7. The van der Waals surface area contributed by atoms with Crippen LogP contribution in [-0.2, 0) is 18.9 Å². The van der Waals surface area contributed by atoms with Gasteiger partial charge in [0.2, 0.25) is 0 Å². The lowest BCUT2D eigenvalue weighted by molar-refractivity contribution is -0.188. The Balaban J connectivity index is 2.00. The van der Waals surface area contributed by atoms with Gasteiger partial charge in [0, 0.05) is 13.2 Å². The minimum Gasteiger partial charge on any atom is -0.450 e. The van der Waals surface area contributed by atoms with Crippen molar-refractivity contribution in [2.24, 2.45) is 0 Å². The van der Waals surface area contributed by atoms with Gasteiger partial charge in [0.25, 0.3) is 0 Å². The third kappa shape index (κ3) is 32.3. The molecule has 1 rings (SSSR count). The fourth-order valence-corrected chi connectivity index (χ4v) is 6.51. The first kappa shape index (κ1) is 46.4.